The molecule has 0 aliphatic heterocycles. The second kappa shape index (κ2) is 9.01. The largest absolute Gasteiger partial charge is 0.477 e. The number of hydrogen-bond donors (Lipinski definition) is 2. The third-order valence-electron chi connectivity index (χ3n) is 4.50. The topological polar surface area (TPSA) is 86.2 Å². The maximum absolute atomic E-state index is 6.29. The molecule has 0 saturated carbocycles. The molecule has 4 rings (SSSR count). The molecule has 0 saturated heterocycles. The fourth-order valence-corrected chi connectivity index (χ4v) is 3.04. The van der Waals surface area contributed by atoms with Crippen LogP contribution in [0.5, 0.6) is 5.88 Å². The van der Waals surface area contributed by atoms with E-state index in [9.17, 15) is 0 Å². The minimum Gasteiger partial charge on any atom is -0.477 e. The number of nitrogens with zero attached hydrogens (tertiary/aromatic N) is 2. The molecule has 6 nitrogen and oxygen atoms in total. The van der Waals surface area contributed by atoms with E-state index in [0.717, 1.165) is 29.7 Å². The molecule has 0 atom stereocenters. The molecule has 150 valence electrons. The molecule has 1 aliphatic carbocycles. The lowest BCUT2D eigenvalue weighted by Gasteiger charge is -2.12. The summed E-state index contributed by atoms with van der Waals surface area (Å²) in [5.41, 5.74) is 10.2. The third-order valence-corrected chi connectivity index (χ3v) is 4.50. The van der Waals surface area contributed by atoms with Gasteiger partial charge in [0.1, 0.15) is 11.4 Å². The molecule has 3 N–H and O–H groups in total. The number of allylic oxidation sites excluding steroid dienone is 4. The van der Waals surface area contributed by atoms with Gasteiger partial charge in [0.25, 0.3) is 0 Å². The molecule has 2 aromatic heterocycles. The van der Waals surface area contributed by atoms with Gasteiger partial charge in [-0.1, -0.05) is 30.1 Å². The first-order valence-corrected chi connectivity index (χ1v) is 9.81. The van der Waals surface area contributed by atoms with Gasteiger partial charge >= 0.3 is 0 Å². The van der Waals surface area contributed by atoms with Gasteiger partial charge in [0, 0.05) is 22.9 Å². The average Bonchev–Trinajstić information content (AvgIpc) is 3.30. The minimum absolute atomic E-state index is 0.422. The van der Waals surface area contributed by atoms with Crippen LogP contribution in [0.25, 0.3) is 11.3 Å². The second-order valence-corrected chi connectivity index (χ2v) is 6.67. The fraction of sp³-hybridized carbons (Fsp3) is 0.167. The van der Waals surface area contributed by atoms with Crippen LogP contribution in [0.2, 0.25) is 0 Å². The van der Waals surface area contributed by atoms with Crippen molar-refractivity contribution in [1.29, 1.82) is 0 Å². The van der Waals surface area contributed by atoms with E-state index in [1.54, 1.807) is 12.3 Å². The van der Waals surface area contributed by atoms with E-state index in [-0.39, 0.29) is 0 Å². The molecule has 0 spiro atoms. The summed E-state index contributed by atoms with van der Waals surface area (Å²) in [7, 11) is 0. The van der Waals surface area contributed by atoms with Crippen molar-refractivity contribution in [3.05, 3.63) is 72.3 Å². The Balaban J connectivity index is 1.58. The van der Waals surface area contributed by atoms with Gasteiger partial charge in [-0.25, -0.2) is 4.98 Å². The van der Waals surface area contributed by atoms with Crippen LogP contribution in [0.3, 0.4) is 0 Å². The molecular weight excluding hydrogens is 376 g/mol. The molecular formula is C24H22N4O2. The quantitative estimate of drug-likeness (QED) is 0.582. The molecule has 0 fully saturated rings. The summed E-state index contributed by atoms with van der Waals surface area (Å²) in [4.78, 5) is 8.51. The first-order chi connectivity index (χ1) is 14.7. The smallest absolute Gasteiger partial charge is 0.233 e. The lowest BCUT2D eigenvalue weighted by atomic mass is 10.1. The predicted octanol–water partition coefficient (Wildman–Crippen LogP) is 5.09. The van der Waals surface area contributed by atoms with Crippen LogP contribution in [0.4, 0.5) is 17.2 Å². The highest BCUT2D eigenvalue weighted by atomic mass is 16.5. The van der Waals surface area contributed by atoms with Crippen LogP contribution in [0, 0.1) is 11.8 Å². The molecule has 6 heteroatoms. The van der Waals surface area contributed by atoms with Crippen LogP contribution < -0.4 is 15.8 Å². The van der Waals surface area contributed by atoms with Crippen molar-refractivity contribution in [2.24, 2.45) is 0 Å². The van der Waals surface area contributed by atoms with E-state index in [1.807, 2.05) is 37.3 Å². The summed E-state index contributed by atoms with van der Waals surface area (Å²) in [6.45, 7) is 2.38. The van der Waals surface area contributed by atoms with Gasteiger partial charge in [-0.3, -0.25) is 0 Å². The standard InChI is InChI=1S/C24H22N4O2/c1-2-29-24-20(13-8-17-6-4-3-5-7-17)21(25)14-23(28-24)27-19-11-9-18(10-12-19)22-15-26-16-30-22/h4,6-7,9-12,14-16H,2-3,5H2,1H3,(H3,25,27,28). The molecule has 0 radical (unpaired) electrons. The van der Waals surface area contributed by atoms with E-state index < -0.39 is 0 Å². The summed E-state index contributed by atoms with van der Waals surface area (Å²) in [6.07, 6.45) is 11.4. The van der Waals surface area contributed by atoms with E-state index >= 15 is 0 Å². The summed E-state index contributed by atoms with van der Waals surface area (Å²) in [5, 5.41) is 3.26. The average molecular weight is 398 g/mol. The van der Waals surface area contributed by atoms with Gasteiger partial charge in [-0.2, -0.15) is 4.98 Å². The molecule has 0 unspecified atom stereocenters. The number of ether oxygens (including phenoxy) is 1. The maximum Gasteiger partial charge on any atom is 0.233 e. The lowest BCUT2D eigenvalue weighted by molar-refractivity contribution is 0.326. The number of hydrogen-bond acceptors (Lipinski definition) is 6. The molecule has 30 heavy (non-hydrogen) atoms. The normalized spacial score (nSPS) is 12.6. The SMILES string of the molecule is CCOc1nc(Nc2ccc(-c3cnco3)cc2)cc(N)c1C#CC1=CCCC=C1. The highest BCUT2D eigenvalue weighted by molar-refractivity contribution is 5.70. The van der Waals surface area contributed by atoms with Crippen LogP contribution in [0.15, 0.2) is 71.1 Å². The van der Waals surface area contributed by atoms with Gasteiger partial charge in [-0.15, -0.1) is 0 Å². The number of nitrogens with one attached hydrogen (secondary N) is 1. The summed E-state index contributed by atoms with van der Waals surface area (Å²) in [5.74, 6) is 8.01. The molecule has 0 bridgehead atoms. The zero-order chi connectivity index (χ0) is 20.8. The molecule has 2 heterocycles. The molecule has 1 aromatic carbocycles. The summed E-state index contributed by atoms with van der Waals surface area (Å²) < 4.78 is 11.0. The van der Waals surface area contributed by atoms with Gasteiger partial charge in [0.2, 0.25) is 5.88 Å². The van der Waals surface area contributed by atoms with Crippen molar-refractivity contribution >= 4 is 17.2 Å². The highest BCUT2D eigenvalue weighted by Crippen LogP contribution is 2.28. The van der Waals surface area contributed by atoms with Gasteiger partial charge in [-0.05, 0) is 44.0 Å². The van der Waals surface area contributed by atoms with Crippen molar-refractivity contribution < 1.29 is 9.15 Å². The number of anilines is 3. The Labute approximate surface area is 175 Å². The summed E-state index contributed by atoms with van der Waals surface area (Å²) in [6, 6.07) is 9.53. The third kappa shape index (κ3) is 4.53. The lowest BCUT2D eigenvalue weighted by Crippen LogP contribution is -2.04. The zero-order valence-corrected chi connectivity index (χ0v) is 16.7. The number of nitrogens with two attached hydrogens (primary N) is 1. The Morgan fingerprint density at radius 1 is 1.20 bits per heavy atom. The van der Waals surface area contributed by atoms with E-state index in [2.05, 4.69) is 39.3 Å². The number of benzene rings is 1. The summed E-state index contributed by atoms with van der Waals surface area (Å²) >= 11 is 0. The maximum atomic E-state index is 6.29. The van der Waals surface area contributed by atoms with Crippen LogP contribution in [-0.2, 0) is 0 Å². The van der Waals surface area contributed by atoms with Gasteiger partial charge < -0.3 is 20.2 Å². The Morgan fingerprint density at radius 2 is 2.07 bits per heavy atom. The van der Waals surface area contributed by atoms with Crippen molar-refractivity contribution in [1.82, 2.24) is 9.97 Å². The zero-order valence-electron chi connectivity index (χ0n) is 16.7. The van der Waals surface area contributed by atoms with Gasteiger partial charge in [0.15, 0.2) is 12.2 Å². The molecule has 0 amide bonds. The fourth-order valence-electron chi connectivity index (χ4n) is 3.04. The monoisotopic (exact) mass is 398 g/mol. The minimum atomic E-state index is 0.422. The van der Waals surface area contributed by atoms with E-state index in [1.165, 1.54) is 6.39 Å². The number of nitrogen functional groups attached to an aromatic ring is 1. The van der Waals surface area contributed by atoms with E-state index in [0.29, 0.717) is 35.3 Å². The van der Waals surface area contributed by atoms with E-state index in [4.69, 9.17) is 14.9 Å². The number of rotatable bonds is 5. The molecule has 1 aliphatic rings. The van der Waals surface area contributed by atoms with Crippen molar-refractivity contribution in [2.45, 2.75) is 19.8 Å². The first kappa shape index (κ1) is 19.3. The van der Waals surface area contributed by atoms with Crippen molar-refractivity contribution in [2.75, 3.05) is 17.7 Å². The number of aromatic nitrogens is 2. The van der Waals surface area contributed by atoms with Crippen LogP contribution >= 0.6 is 0 Å². The Hall–Kier alpha value is -3.98. The Morgan fingerprint density at radius 3 is 2.77 bits per heavy atom. The van der Waals surface area contributed by atoms with Crippen molar-refractivity contribution in [3.8, 4) is 29.0 Å². The highest BCUT2D eigenvalue weighted by Gasteiger charge is 2.11. The first-order valence-electron chi connectivity index (χ1n) is 9.81. The Bertz CT molecular complexity index is 1130. The molecule has 3 aromatic rings. The predicted molar refractivity (Wildman–Crippen MR) is 118 cm³/mol. The van der Waals surface area contributed by atoms with Crippen LogP contribution in [0.1, 0.15) is 25.3 Å². The van der Waals surface area contributed by atoms with Gasteiger partial charge in [0.05, 0.1) is 18.5 Å². The number of pyridine rings is 1. The van der Waals surface area contributed by atoms with Crippen molar-refractivity contribution in [3.63, 3.8) is 0 Å². The Kier molecular flexibility index (Phi) is 5.81. The number of oxazole rings is 1. The van der Waals surface area contributed by atoms with Crippen LogP contribution in [-0.4, -0.2) is 16.6 Å². The second-order valence-electron chi connectivity index (χ2n) is 6.67.